The van der Waals surface area contributed by atoms with Gasteiger partial charge >= 0.3 is 0 Å². The summed E-state index contributed by atoms with van der Waals surface area (Å²) < 4.78 is 0. The molecule has 4 rings (SSSR count). The molecule has 0 radical (unpaired) electrons. The third-order valence-corrected chi connectivity index (χ3v) is 5.54. The number of aryl methyl sites for hydroxylation is 2. The van der Waals surface area contributed by atoms with Crippen molar-refractivity contribution in [3.05, 3.63) is 53.6 Å². The van der Waals surface area contributed by atoms with Crippen molar-refractivity contribution in [1.29, 1.82) is 0 Å². The first kappa shape index (κ1) is 19.0. The van der Waals surface area contributed by atoms with E-state index in [9.17, 15) is 9.59 Å². The minimum atomic E-state index is -0.182. The molecular weight excluding hydrogens is 368 g/mol. The van der Waals surface area contributed by atoms with E-state index in [-0.39, 0.29) is 17.9 Å². The number of aromatic nitrogens is 4. The van der Waals surface area contributed by atoms with Gasteiger partial charge in [-0.1, -0.05) is 0 Å². The highest BCUT2D eigenvalue weighted by molar-refractivity contribution is 5.79. The number of hydrogen-bond donors (Lipinski definition) is 1. The van der Waals surface area contributed by atoms with Crippen LogP contribution in [0.4, 0.5) is 0 Å². The summed E-state index contributed by atoms with van der Waals surface area (Å²) >= 11 is 0. The van der Waals surface area contributed by atoms with E-state index in [1.165, 1.54) is 0 Å². The summed E-state index contributed by atoms with van der Waals surface area (Å²) in [7, 11) is 0. The quantitative estimate of drug-likeness (QED) is 0.733. The van der Waals surface area contributed by atoms with E-state index in [1.54, 1.807) is 30.4 Å². The smallest absolute Gasteiger partial charge is 0.223 e. The number of nitrogens with one attached hydrogen (secondary N) is 1. The first-order valence-electron chi connectivity index (χ1n) is 9.78. The van der Waals surface area contributed by atoms with Crippen molar-refractivity contribution in [2.24, 2.45) is 0 Å². The Morgan fingerprint density at radius 2 is 2.17 bits per heavy atom. The third-order valence-electron chi connectivity index (χ3n) is 5.54. The molecule has 0 aliphatic carbocycles. The summed E-state index contributed by atoms with van der Waals surface area (Å²) in [5.41, 5.74) is 3.59. The zero-order valence-corrected chi connectivity index (χ0v) is 16.6. The molecule has 4 heterocycles. The van der Waals surface area contributed by atoms with E-state index >= 15 is 0 Å². The molecule has 3 aromatic rings. The molecule has 0 spiro atoms. The molecule has 1 fully saturated rings. The molecule has 1 saturated heterocycles. The number of pyridine rings is 2. The second-order valence-corrected chi connectivity index (χ2v) is 7.38. The van der Waals surface area contributed by atoms with Crippen LogP contribution in [0.1, 0.15) is 36.2 Å². The maximum atomic E-state index is 13.1. The maximum absolute atomic E-state index is 13.1. The van der Waals surface area contributed by atoms with Crippen molar-refractivity contribution < 1.29 is 9.59 Å². The fourth-order valence-corrected chi connectivity index (χ4v) is 3.87. The Labute approximate surface area is 168 Å². The molecule has 1 unspecified atom stereocenters. The summed E-state index contributed by atoms with van der Waals surface area (Å²) in [6, 6.07) is 5.76. The van der Waals surface area contributed by atoms with Gasteiger partial charge in [-0.25, -0.2) is 9.97 Å². The number of H-pyrrole nitrogens is 1. The van der Waals surface area contributed by atoms with Crippen molar-refractivity contribution in [1.82, 2.24) is 30.0 Å². The Bertz CT molecular complexity index is 1030. The average Bonchev–Trinajstić information content (AvgIpc) is 3.26. The van der Waals surface area contributed by atoms with Crippen molar-refractivity contribution in [2.45, 2.75) is 32.7 Å². The number of rotatable bonds is 4. The number of aromatic amines is 1. The van der Waals surface area contributed by atoms with Gasteiger partial charge in [0, 0.05) is 62.0 Å². The first-order chi connectivity index (χ1) is 14.0. The largest absolute Gasteiger partial charge is 0.339 e. The van der Waals surface area contributed by atoms with Gasteiger partial charge in [-0.05, 0) is 37.1 Å². The highest BCUT2D eigenvalue weighted by Gasteiger charge is 2.32. The standard InChI is InChI=1S/C21H24N6O2/c1-14-16(10-17-4-3-7-22-21(17)25-14)5-6-20(29)27-9-8-26(15(2)28)13-19(27)18-11-23-24-12-18/h3-4,7,10-12,19H,5-6,8-9,13H2,1-2H3,(H,23,24). The summed E-state index contributed by atoms with van der Waals surface area (Å²) in [6.07, 6.45) is 6.25. The van der Waals surface area contributed by atoms with E-state index in [1.807, 2.05) is 24.0 Å². The number of amides is 2. The van der Waals surface area contributed by atoms with Gasteiger partial charge in [-0.2, -0.15) is 5.10 Å². The first-order valence-corrected chi connectivity index (χ1v) is 9.78. The van der Waals surface area contributed by atoms with Crippen LogP contribution in [0.2, 0.25) is 0 Å². The Kier molecular flexibility index (Phi) is 5.24. The van der Waals surface area contributed by atoms with Gasteiger partial charge in [-0.15, -0.1) is 0 Å². The zero-order valence-electron chi connectivity index (χ0n) is 16.6. The number of nitrogens with zero attached hydrogens (tertiary/aromatic N) is 5. The van der Waals surface area contributed by atoms with Crippen molar-refractivity contribution in [2.75, 3.05) is 19.6 Å². The van der Waals surface area contributed by atoms with E-state index < -0.39 is 0 Å². The van der Waals surface area contributed by atoms with Crippen LogP contribution in [-0.4, -0.2) is 61.4 Å². The van der Waals surface area contributed by atoms with Crippen molar-refractivity contribution in [3.8, 4) is 0 Å². The Balaban J connectivity index is 1.50. The zero-order chi connectivity index (χ0) is 20.4. The molecule has 150 valence electrons. The number of piperazine rings is 1. The van der Waals surface area contributed by atoms with Gasteiger partial charge in [0.05, 0.1) is 12.2 Å². The molecule has 3 aromatic heterocycles. The van der Waals surface area contributed by atoms with Gasteiger partial charge in [-0.3, -0.25) is 14.7 Å². The summed E-state index contributed by atoms with van der Waals surface area (Å²) in [6.45, 7) is 5.08. The predicted molar refractivity (Wildman–Crippen MR) is 108 cm³/mol. The molecule has 1 atom stereocenters. The van der Waals surface area contributed by atoms with Crippen LogP contribution in [0.5, 0.6) is 0 Å². The normalized spacial score (nSPS) is 17.0. The van der Waals surface area contributed by atoms with Crippen LogP contribution in [0.25, 0.3) is 11.0 Å². The van der Waals surface area contributed by atoms with Crippen molar-refractivity contribution >= 4 is 22.8 Å². The molecule has 1 aliphatic heterocycles. The van der Waals surface area contributed by atoms with Crippen LogP contribution in [-0.2, 0) is 16.0 Å². The van der Waals surface area contributed by atoms with Crippen LogP contribution < -0.4 is 0 Å². The molecule has 8 nitrogen and oxygen atoms in total. The van der Waals surface area contributed by atoms with E-state index in [0.29, 0.717) is 32.5 Å². The highest BCUT2D eigenvalue weighted by Crippen LogP contribution is 2.26. The molecule has 1 N–H and O–H groups in total. The van der Waals surface area contributed by atoms with E-state index in [2.05, 4.69) is 26.2 Å². The summed E-state index contributed by atoms with van der Waals surface area (Å²) in [5.74, 6) is 0.0992. The fraction of sp³-hybridized carbons (Fsp3) is 0.381. The topological polar surface area (TPSA) is 95.1 Å². The molecule has 0 bridgehead atoms. The van der Waals surface area contributed by atoms with Crippen molar-refractivity contribution in [3.63, 3.8) is 0 Å². The monoisotopic (exact) mass is 392 g/mol. The van der Waals surface area contributed by atoms with Crippen LogP contribution >= 0.6 is 0 Å². The lowest BCUT2D eigenvalue weighted by Gasteiger charge is -2.41. The lowest BCUT2D eigenvalue weighted by Crippen LogP contribution is -2.51. The fourth-order valence-electron chi connectivity index (χ4n) is 3.87. The SMILES string of the molecule is CC(=O)N1CCN(C(=O)CCc2cc3cccnc3nc2C)C(c2cn[nH]c2)C1. The van der Waals surface area contributed by atoms with Crippen LogP contribution in [0.15, 0.2) is 36.8 Å². The predicted octanol–water partition coefficient (Wildman–Crippen LogP) is 2.03. The molecule has 8 heteroatoms. The molecule has 0 aromatic carbocycles. The Hall–Kier alpha value is -3.29. The van der Waals surface area contributed by atoms with Gasteiger partial charge in [0.25, 0.3) is 0 Å². The average molecular weight is 392 g/mol. The molecule has 1 aliphatic rings. The number of fused-ring (bicyclic) bond motifs is 1. The molecular formula is C21H24N6O2. The molecule has 0 saturated carbocycles. The van der Waals surface area contributed by atoms with Gasteiger partial charge in [0.1, 0.15) is 0 Å². The van der Waals surface area contributed by atoms with E-state index in [4.69, 9.17) is 0 Å². The third kappa shape index (κ3) is 3.96. The van der Waals surface area contributed by atoms with Crippen LogP contribution in [0, 0.1) is 6.92 Å². The van der Waals surface area contributed by atoms with E-state index in [0.717, 1.165) is 27.9 Å². The maximum Gasteiger partial charge on any atom is 0.223 e. The minimum Gasteiger partial charge on any atom is -0.339 e. The highest BCUT2D eigenvalue weighted by atomic mass is 16.2. The lowest BCUT2D eigenvalue weighted by molar-refractivity contribution is -0.142. The second-order valence-electron chi connectivity index (χ2n) is 7.38. The summed E-state index contributed by atoms with van der Waals surface area (Å²) in [4.78, 5) is 37.4. The van der Waals surface area contributed by atoms with Gasteiger partial charge in [0.15, 0.2) is 5.65 Å². The molecule has 29 heavy (non-hydrogen) atoms. The Morgan fingerprint density at radius 3 is 2.93 bits per heavy atom. The number of hydrogen-bond acceptors (Lipinski definition) is 5. The number of carbonyl (C=O) groups is 2. The molecule has 2 amide bonds. The van der Waals surface area contributed by atoms with Gasteiger partial charge in [0.2, 0.25) is 11.8 Å². The lowest BCUT2D eigenvalue weighted by atomic mass is 10.0. The minimum absolute atomic E-state index is 0.0251. The second kappa shape index (κ2) is 7.98. The summed E-state index contributed by atoms with van der Waals surface area (Å²) in [5, 5.41) is 7.80. The van der Waals surface area contributed by atoms with Crippen LogP contribution in [0.3, 0.4) is 0 Å². The number of carbonyl (C=O) groups excluding carboxylic acids is 2. The van der Waals surface area contributed by atoms with Gasteiger partial charge < -0.3 is 9.80 Å². The Morgan fingerprint density at radius 1 is 1.31 bits per heavy atom.